The Morgan fingerprint density at radius 3 is 2.62 bits per heavy atom. The van der Waals surface area contributed by atoms with Gasteiger partial charge < -0.3 is 16.0 Å². The fraction of sp³-hybridized carbons (Fsp3) is 0.714. The number of piperazine rings is 1. The molecule has 1 aliphatic heterocycles. The van der Waals surface area contributed by atoms with E-state index in [9.17, 15) is 4.79 Å². The topological polar surface area (TPSA) is 79.4 Å². The van der Waals surface area contributed by atoms with E-state index in [4.69, 9.17) is 5.73 Å². The summed E-state index contributed by atoms with van der Waals surface area (Å²) >= 11 is 0. The van der Waals surface area contributed by atoms with Gasteiger partial charge in [-0.05, 0) is 20.9 Å². The molecule has 0 spiro atoms. The van der Waals surface area contributed by atoms with Gasteiger partial charge in [0.25, 0.3) is 5.91 Å². The minimum Gasteiger partial charge on any atom is -0.395 e. The Hall–Kier alpha value is -1.60. The first-order chi connectivity index (χ1) is 10.0. The number of anilines is 1. The molecule has 2 rings (SSSR count). The van der Waals surface area contributed by atoms with Gasteiger partial charge in [0.05, 0.1) is 11.4 Å². The number of rotatable bonds is 5. The number of carbonyl (C=O) groups is 1. The van der Waals surface area contributed by atoms with Crippen LogP contribution >= 0.6 is 0 Å². The molecule has 1 aromatic heterocycles. The number of hydrogen-bond acceptors (Lipinski definition) is 5. The Bertz CT molecular complexity index is 490. The highest BCUT2D eigenvalue weighted by atomic mass is 16.2. The average Bonchev–Trinajstić information content (AvgIpc) is 2.76. The van der Waals surface area contributed by atoms with E-state index in [-0.39, 0.29) is 5.91 Å². The highest BCUT2D eigenvalue weighted by Gasteiger charge is 2.19. The molecule has 1 saturated heterocycles. The summed E-state index contributed by atoms with van der Waals surface area (Å²) < 4.78 is 1.66. The van der Waals surface area contributed by atoms with Crippen molar-refractivity contribution in [3.05, 3.63) is 11.4 Å². The Labute approximate surface area is 126 Å². The van der Waals surface area contributed by atoms with E-state index in [1.54, 1.807) is 4.68 Å². The minimum absolute atomic E-state index is 0.135. The molecule has 1 amide bonds. The number of carbonyl (C=O) groups excluding carboxylic acids is 1. The van der Waals surface area contributed by atoms with Crippen LogP contribution < -0.4 is 11.1 Å². The minimum atomic E-state index is -0.135. The van der Waals surface area contributed by atoms with Crippen LogP contribution in [0.3, 0.4) is 0 Å². The number of nitrogen functional groups attached to an aromatic ring is 1. The zero-order valence-corrected chi connectivity index (χ0v) is 13.2. The van der Waals surface area contributed by atoms with Crippen molar-refractivity contribution < 1.29 is 4.79 Å². The quantitative estimate of drug-likeness (QED) is 0.784. The summed E-state index contributed by atoms with van der Waals surface area (Å²) in [5, 5.41) is 7.22. The number of amides is 1. The third-order valence-corrected chi connectivity index (χ3v) is 4.00. The lowest BCUT2D eigenvalue weighted by Crippen LogP contribution is -2.47. The molecule has 0 aromatic carbocycles. The van der Waals surface area contributed by atoms with E-state index in [1.807, 2.05) is 13.8 Å². The van der Waals surface area contributed by atoms with Gasteiger partial charge in [-0.2, -0.15) is 5.10 Å². The molecule has 2 heterocycles. The summed E-state index contributed by atoms with van der Waals surface area (Å²) in [6.07, 6.45) is 0. The number of aryl methyl sites for hydroxylation is 2. The van der Waals surface area contributed by atoms with Gasteiger partial charge in [-0.15, -0.1) is 0 Å². The van der Waals surface area contributed by atoms with Crippen molar-refractivity contribution in [2.75, 3.05) is 52.0 Å². The molecule has 1 aliphatic rings. The number of hydrogen-bond donors (Lipinski definition) is 2. The van der Waals surface area contributed by atoms with E-state index in [1.165, 1.54) is 0 Å². The first-order valence-corrected chi connectivity index (χ1v) is 7.55. The van der Waals surface area contributed by atoms with E-state index in [0.29, 0.717) is 30.2 Å². The first kappa shape index (κ1) is 15.8. The molecule has 3 N–H and O–H groups in total. The summed E-state index contributed by atoms with van der Waals surface area (Å²) in [6, 6.07) is 0. The van der Waals surface area contributed by atoms with Crippen LogP contribution in [0.1, 0.15) is 23.1 Å². The van der Waals surface area contributed by atoms with Crippen molar-refractivity contribution in [2.24, 2.45) is 0 Å². The summed E-state index contributed by atoms with van der Waals surface area (Å²) in [5.74, 6) is -0.135. The van der Waals surface area contributed by atoms with Crippen LogP contribution in [0.4, 0.5) is 5.69 Å². The summed E-state index contributed by atoms with van der Waals surface area (Å²) in [6.45, 7) is 10.2. The van der Waals surface area contributed by atoms with Crippen molar-refractivity contribution in [3.8, 4) is 0 Å². The molecule has 118 valence electrons. The Morgan fingerprint density at radius 2 is 2.00 bits per heavy atom. The molecule has 7 heteroatoms. The largest absolute Gasteiger partial charge is 0.395 e. The monoisotopic (exact) mass is 294 g/mol. The molecule has 0 radical (unpaired) electrons. The van der Waals surface area contributed by atoms with Crippen molar-refractivity contribution >= 4 is 11.6 Å². The van der Waals surface area contributed by atoms with Crippen LogP contribution in [-0.4, -0.2) is 71.8 Å². The summed E-state index contributed by atoms with van der Waals surface area (Å²) in [4.78, 5) is 17.0. The molecule has 21 heavy (non-hydrogen) atoms. The number of likely N-dealkylation sites (N-methyl/N-ethyl adjacent to an activating group) is 1. The summed E-state index contributed by atoms with van der Waals surface area (Å²) in [5.41, 5.74) is 7.62. The van der Waals surface area contributed by atoms with Gasteiger partial charge in [-0.1, -0.05) is 0 Å². The maximum Gasteiger partial charge on any atom is 0.271 e. The molecule has 0 atom stereocenters. The number of nitrogens with zero attached hydrogens (tertiary/aromatic N) is 4. The Kier molecular flexibility index (Phi) is 5.19. The van der Waals surface area contributed by atoms with Crippen LogP contribution in [0, 0.1) is 6.92 Å². The van der Waals surface area contributed by atoms with Gasteiger partial charge in [0.15, 0.2) is 0 Å². The zero-order chi connectivity index (χ0) is 15.4. The maximum absolute atomic E-state index is 12.3. The van der Waals surface area contributed by atoms with Gasteiger partial charge >= 0.3 is 0 Å². The molecule has 0 saturated carbocycles. The third kappa shape index (κ3) is 3.74. The molecule has 1 aromatic rings. The molecule has 0 unspecified atom stereocenters. The van der Waals surface area contributed by atoms with Gasteiger partial charge in [0.1, 0.15) is 5.69 Å². The van der Waals surface area contributed by atoms with Gasteiger partial charge in [0.2, 0.25) is 0 Å². The number of nitrogens with one attached hydrogen (secondary N) is 1. The van der Waals surface area contributed by atoms with E-state index >= 15 is 0 Å². The lowest BCUT2D eigenvalue weighted by Gasteiger charge is -2.32. The van der Waals surface area contributed by atoms with Crippen molar-refractivity contribution in [3.63, 3.8) is 0 Å². The fourth-order valence-corrected chi connectivity index (χ4v) is 2.55. The number of aromatic nitrogens is 2. The van der Waals surface area contributed by atoms with Crippen LogP contribution in [0.5, 0.6) is 0 Å². The average molecular weight is 294 g/mol. The fourth-order valence-electron chi connectivity index (χ4n) is 2.55. The summed E-state index contributed by atoms with van der Waals surface area (Å²) in [7, 11) is 2.14. The predicted molar refractivity (Wildman–Crippen MR) is 83.3 cm³/mol. The second kappa shape index (κ2) is 6.91. The Balaban J connectivity index is 1.85. The standard InChI is InChI=1S/C14H26N6O/c1-4-20-13(12(15)11(2)17-20)14(21)16-5-6-19-9-7-18(3)8-10-19/h4-10,15H2,1-3H3,(H,16,21). The lowest BCUT2D eigenvalue weighted by molar-refractivity contribution is 0.0931. The normalized spacial score (nSPS) is 17.1. The lowest BCUT2D eigenvalue weighted by atomic mass is 10.3. The molecule has 7 nitrogen and oxygen atoms in total. The van der Waals surface area contributed by atoms with Gasteiger partial charge in [0, 0.05) is 45.8 Å². The van der Waals surface area contributed by atoms with E-state index in [0.717, 1.165) is 32.7 Å². The van der Waals surface area contributed by atoms with Crippen molar-refractivity contribution in [1.29, 1.82) is 0 Å². The maximum atomic E-state index is 12.3. The van der Waals surface area contributed by atoms with E-state index < -0.39 is 0 Å². The zero-order valence-electron chi connectivity index (χ0n) is 13.2. The molecule has 1 fully saturated rings. The molecular weight excluding hydrogens is 268 g/mol. The molecule has 0 aliphatic carbocycles. The smallest absolute Gasteiger partial charge is 0.271 e. The van der Waals surface area contributed by atoms with Crippen molar-refractivity contribution in [2.45, 2.75) is 20.4 Å². The second-order valence-corrected chi connectivity index (χ2v) is 5.56. The van der Waals surface area contributed by atoms with Crippen LogP contribution in [-0.2, 0) is 6.54 Å². The predicted octanol–water partition coefficient (Wildman–Crippen LogP) is -0.229. The van der Waals surface area contributed by atoms with Crippen LogP contribution in [0.15, 0.2) is 0 Å². The Morgan fingerprint density at radius 1 is 1.33 bits per heavy atom. The van der Waals surface area contributed by atoms with Gasteiger partial charge in [-0.3, -0.25) is 14.4 Å². The highest BCUT2D eigenvalue weighted by molar-refractivity contribution is 5.97. The van der Waals surface area contributed by atoms with Crippen molar-refractivity contribution in [1.82, 2.24) is 24.9 Å². The second-order valence-electron chi connectivity index (χ2n) is 5.56. The molecular formula is C14H26N6O. The van der Waals surface area contributed by atoms with Crippen LogP contribution in [0.2, 0.25) is 0 Å². The third-order valence-electron chi connectivity index (χ3n) is 4.00. The molecule has 0 bridgehead atoms. The SMILES string of the molecule is CCn1nc(C)c(N)c1C(=O)NCCN1CCN(C)CC1. The van der Waals surface area contributed by atoms with Crippen LogP contribution in [0.25, 0.3) is 0 Å². The first-order valence-electron chi connectivity index (χ1n) is 7.55. The highest BCUT2D eigenvalue weighted by Crippen LogP contribution is 2.15. The van der Waals surface area contributed by atoms with E-state index in [2.05, 4.69) is 27.3 Å². The number of nitrogens with two attached hydrogens (primary N) is 1. The van der Waals surface area contributed by atoms with Gasteiger partial charge in [-0.25, -0.2) is 0 Å².